The molecule has 2 rings (SSSR count). The smallest absolute Gasteiger partial charge is 0.251 e. The van der Waals surface area contributed by atoms with Gasteiger partial charge in [-0.25, -0.2) is 0 Å². The zero-order chi connectivity index (χ0) is 23.3. The number of benzene rings is 2. The van der Waals surface area contributed by atoms with Crippen LogP contribution in [-0.4, -0.2) is 29.7 Å². The van der Waals surface area contributed by atoms with Gasteiger partial charge in [0.05, 0.1) is 12.1 Å². The summed E-state index contributed by atoms with van der Waals surface area (Å²) in [6.45, 7) is 11.3. The molecule has 0 aliphatic carbocycles. The minimum Gasteiger partial charge on any atom is -0.390 e. The van der Waals surface area contributed by atoms with Gasteiger partial charge >= 0.3 is 0 Å². The lowest BCUT2D eigenvalue weighted by molar-refractivity contribution is 0.0830. The van der Waals surface area contributed by atoms with Crippen LogP contribution in [0.1, 0.15) is 73.5 Å². The molecular weight excluding hydrogens is 396 g/mol. The van der Waals surface area contributed by atoms with Crippen molar-refractivity contribution in [2.45, 2.75) is 78.0 Å². The average Bonchev–Trinajstić information content (AvgIpc) is 2.78. The van der Waals surface area contributed by atoms with E-state index >= 15 is 0 Å². The largest absolute Gasteiger partial charge is 0.390 e. The van der Waals surface area contributed by atoms with Crippen LogP contribution < -0.4 is 10.6 Å². The van der Waals surface area contributed by atoms with Crippen LogP contribution in [0.25, 0.3) is 0 Å². The molecule has 0 radical (unpaired) electrons. The molecule has 2 aromatic carbocycles. The number of amides is 1. The Labute approximate surface area is 194 Å². The van der Waals surface area contributed by atoms with Crippen molar-refractivity contribution in [2.75, 3.05) is 6.54 Å². The number of unbranched alkanes of at least 4 members (excludes halogenated alkanes) is 2. The Balaban J connectivity index is 1.95. The third kappa shape index (κ3) is 8.97. The van der Waals surface area contributed by atoms with Gasteiger partial charge in [-0.3, -0.25) is 4.79 Å². The van der Waals surface area contributed by atoms with E-state index in [1.807, 2.05) is 25.1 Å². The predicted molar refractivity (Wildman–Crippen MR) is 134 cm³/mol. The van der Waals surface area contributed by atoms with Gasteiger partial charge in [0.1, 0.15) is 0 Å². The highest BCUT2D eigenvalue weighted by Crippen LogP contribution is 2.13. The number of aliphatic hydroxyl groups is 1. The molecule has 4 heteroatoms. The van der Waals surface area contributed by atoms with Crippen molar-refractivity contribution < 1.29 is 9.90 Å². The van der Waals surface area contributed by atoms with E-state index in [-0.39, 0.29) is 5.91 Å². The van der Waals surface area contributed by atoms with E-state index in [9.17, 15) is 9.90 Å². The lowest BCUT2D eigenvalue weighted by Crippen LogP contribution is -2.47. The topological polar surface area (TPSA) is 61.4 Å². The maximum Gasteiger partial charge on any atom is 0.251 e. The Bertz CT molecular complexity index is 862. The summed E-state index contributed by atoms with van der Waals surface area (Å²) in [6.07, 6.45) is 5.32. The third-order valence-corrected chi connectivity index (χ3v) is 5.69. The first-order chi connectivity index (χ1) is 15.4. The predicted octanol–water partition coefficient (Wildman–Crippen LogP) is 5.20. The van der Waals surface area contributed by atoms with E-state index in [2.05, 4.69) is 61.4 Å². The Morgan fingerprint density at radius 3 is 2.47 bits per heavy atom. The van der Waals surface area contributed by atoms with Crippen LogP contribution in [0.5, 0.6) is 0 Å². The van der Waals surface area contributed by atoms with Gasteiger partial charge in [0.15, 0.2) is 0 Å². The number of nitrogens with one attached hydrogen (secondary N) is 2. The minimum atomic E-state index is -0.710. The van der Waals surface area contributed by atoms with Crippen molar-refractivity contribution in [1.82, 2.24) is 10.6 Å². The van der Waals surface area contributed by atoms with Crippen molar-refractivity contribution in [3.05, 3.63) is 82.9 Å². The Morgan fingerprint density at radius 1 is 1.03 bits per heavy atom. The van der Waals surface area contributed by atoms with Crippen LogP contribution >= 0.6 is 0 Å². The fourth-order valence-corrected chi connectivity index (χ4v) is 3.82. The molecule has 0 aromatic heterocycles. The number of hydrogen-bond acceptors (Lipinski definition) is 3. The molecule has 1 amide bonds. The standard InChI is InChI=1S/C28H40N2O2/c1-5-7-8-11-23-13-10-15-25(18-23)28(32)30-26(16-21(3)4)27(31)20-29-19-24-14-9-12-22(6-2)17-24/h9-10,12-15,17-18,26-27,29,31H,3,5-8,11,16,19-20H2,1-2,4H3,(H,30,32). The first-order valence-corrected chi connectivity index (χ1v) is 11.9. The van der Waals surface area contributed by atoms with Crippen molar-refractivity contribution in [3.8, 4) is 0 Å². The summed E-state index contributed by atoms with van der Waals surface area (Å²) in [7, 11) is 0. The molecule has 0 heterocycles. The average molecular weight is 437 g/mol. The molecule has 0 aliphatic heterocycles. The van der Waals surface area contributed by atoms with E-state index in [4.69, 9.17) is 0 Å². The molecule has 0 saturated carbocycles. The Hall–Kier alpha value is -2.43. The highest BCUT2D eigenvalue weighted by molar-refractivity contribution is 5.94. The monoisotopic (exact) mass is 436 g/mol. The Kier molecular flexibility index (Phi) is 11.2. The van der Waals surface area contributed by atoms with Crippen molar-refractivity contribution in [1.29, 1.82) is 0 Å². The van der Waals surface area contributed by atoms with E-state index in [0.717, 1.165) is 24.8 Å². The maximum atomic E-state index is 12.9. The number of aryl methyl sites for hydroxylation is 2. The number of carbonyl (C=O) groups excluding carboxylic acids is 1. The minimum absolute atomic E-state index is 0.150. The van der Waals surface area contributed by atoms with E-state index in [1.165, 1.54) is 29.5 Å². The van der Waals surface area contributed by atoms with Crippen LogP contribution in [0.3, 0.4) is 0 Å². The summed E-state index contributed by atoms with van der Waals surface area (Å²) < 4.78 is 0. The summed E-state index contributed by atoms with van der Waals surface area (Å²) in [4.78, 5) is 12.9. The number of carbonyl (C=O) groups is 1. The molecule has 0 fully saturated rings. The zero-order valence-corrected chi connectivity index (χ0v) is 20.0. The van der Waals surface area contributed by atoms with Gasteiger partial charge in [-0.05, 0) is 61.4 Å². The molecule has 2 atom stereocenters. The summed E-state index contributed by atoms with van der Waals surface area (Å²) in [5.74, 6) is -0.150. The SMILES string of the molecule is C=C(C)CC(NC(=O)c1cccc(CCCCC)c1)C(O)CNCc1cccc(CC)c1. The molecule has 32 heavy (non-hydrogen) atoms. The Morgan fingerprint density at radius 2 is 1.75 bits per heavy atom. The lowest BCUT2D eigenvalue weighted by atomic mass is 10.0. The maximum absolute atomic E-state index is 12.9. The normalized spacial score (nSPS) is 12.9. The van der Waals surface area contributed by atoms with Crippen LogP contribution in [0.15, 0.2) is 60.7 Å². The van der Waals surface area contributed by atoms with Crippen LogP contribution in [0.4, 0.5) is 0 Å². The molecule has 4 nitrogen and oxygen atoms in total. The summed E-state index contributed by atoms with van der Waals surface area (Å²) in [5, 5.41) is 17.2. The van der Waals surface area contributed by atoms with Gasteiger partial charge < -0.3 is 15.7 Å². The summed E-state index contributed by atoms with van der Waals surface area (Å²) >= 11 is 0. The number of hydrogen-bond donors (Lipinski definition) is 3. The fraction of sp³-hybridized carbons (Fsp3) is 0.464. The van der Waals surface area contributed by atoms with Gasteiger partial charge in [0.2, 0.25) is 0 Å². The summed E-state index contributed by atoms with van der Waals surface area (Å²) in [6, 6.07) is 15.9. The fourth-order valence-electron chi connectivity index (χ4n) is 3.82. The first kappa shape index (κ1) is 25.8. The van der Waals surface area contributed by atoms with Gasteiger partial charge in [0, 0.05) is 18.7 Å². The molecule has 2 aromatic rings. The quantitative estimate of drug-likeness (QED) is 0.282. The van der Waals surface area contributed by atoms with E-state index in [0.29, 0.717) is 25.1 Å². The van der Waals surface area contributed by atoms with Gasteiger partial charge in [-0.1, -0.05) is 68.7 Å². The molecule has 0 saturated heterocycles. The first-order valence-electron chi connectivity index (χ1n) is 11.9. The molecule has 0 aliphatic rings. The second-order valence-electron chi connectivity index (χ2n) is 8.77. The van der Waals surface area contributed by atoms with Crippen molar-refractivity contribution in [3.63, 3.8) is 0 Å². The molecule has 0 spiro atoms. The molecule has 0 bridgehead atoms. The van der Waals surface area contributed by atoms with E-state index < -0.39 is 12.1 Å². The number of aliphatic hydroxyl groups excluding tert-OH is 1. The molecule has 3 N–H and O–H groups in total. The van der Waals surface area contributed by atoms with E-state index in [1.54, 1.807) is 0 Å². The summed E-state index contributed by atoms with van der Waals surface area (Å²) in [5.41, 5.74) is 5.24. The van der Waals surface area contributed by atoms with Crippen molar-refractivity contribution >= 4 is 5.91 Å². The lowest BCUT2D eigenvalue weighted by Gasteiger charge is -2.25. The van der Waals surface area contributed by atoms with Gasteiger partial charge in [-0.2, -0.15) is 0 Å². The second-order valence-corrected chi connectivity index (χ2v) is 8.77. The second kappa shape index (κ2) is 13.9. The van der Waals surface area contributed by atoms with Gasteiger partial charge in [0.25, 0.3) is 5.91 Å². The van der Waals surface area contributed by atoms with Crippen LogP contribution in [0.2, 0.25) is 0 Å². The van der Waals surface area contributed by atoms with Crippen LogP contribution in [-0.2, 0) is 19.4 Å². The highest BCUT2D eigenvalue weighted by Gasteiger charge is 2.22. The van der Waals surface area contributed by atoms with Crippen LogP contribution in [0, 0.1) is 0 Å². The highest BCUT2D eigenvalue weighted by atomic mass is 16.3. The van der Waals surface area contributed by atoms with Gasteiger partial charge in [-0.15, -0.1) is 6.58 Å². The molecule has 2 unspecified atom stereocenters. The molecule has 174 valence electrons. The molecular formula is C28H40N2O2. The third-order valence-electron chi connectivity index (χ3n) is 5.69. The zero-order valence-electron chi connectivity index (χ0n) is 20.0. The van der Waals surface area contributed by atoms with Crippen molar-refractivity contribution in [2.24, 2.45) is 0 Å². The number of rotatable bonds is 14.